The summed E-state index contributed by atoms with van der Waals surface area (Å²) in [6, 6.07) is -0.134. The highest BCUT2D eigenvalue weighted by atomic mass is 16.6. The SMILES string of the molecule is CC(C)(C)OC(=O)N[C@@H]1CCC[C@@H]1O. The zero-order chi connectivity index (χ0) is 10.8. The van der Waals surface area contributed by atoms with Crippen molar-refractivity contribution in [2.45, 2.75) is 57.8 Å². The molecule has 4 heteroatoms. The summed E-state index contributed by atoms with van der Waals surface area (Å²) in [5, 5.41) is 12.1. The fourth-order valence-corrected chi connectivity index (χ4v) is 1.57. The molecule has 1 saturated carbocycles. The molecule has 0 radical (unpaired) electrons. The van der Waals surface area contributed by atoms with Crippen molar-refractivity contribution < 1.29 is 14.6 Å². The average Bonchev–Trinajstić information content (AvgIpc) is 2.32. The van der Waals surface area contributed by atoms with Crippen molar-refractivity contribution >= 4 is 6.09 Å². The average molecular weight is 201 g/mol. The summed E-state index contributed by atoms with van der Waals surface area (Å²) in [6.07, 6.45) is 1.70. The Morgan fingerprint density at radius 3 is 2.50 bits per heavy atom. The number of nitrogens with one attached hydrogen (secondary N) is 1. The molecule has 82 valence electrons. The van der Waals surface area contributed by atoms with Crippen molar-refractivity contribution in [3.05, 3.63) is 0 Å². The van der Waals surface area contributed by atoms with Gasteiger partial charge in [-0.05, 0) is 40.0 Å². The molecule has 2 N–H and O–H groups in total. The van der Waals surface area contributed by atoms with Gasteiger partial charge in [0.05, 0.1) is 12.1 Å². The van der Waals surface area contributed by atoms with Crippen molar-refractivity contribution in [3.8, 4) is 0 Å². The standard InChI is InChI=1S/C10H19NO3/c1-10(2,3)14-9(13)11-7-5-4-6-8(7)12/h7-8,12H,4-6H2,1-3H3,(H,11,13)/t7-,8+/m1/s1. The molecule has 1 aliphatic carbocycles. The van der Waals surface area contributed by atoms with Crippen LogP contribution in [0.4, 0.5) is 4.79 Å². The summed E-state index contributed by atoms with van der Waals surface area (Å²) in [5.74, 6) is 0. The van der Waals surface area contributed by atoms with Crippen LogP contribution < -0.4 is 5.32 Å². The molecule has 0 saturated heterocycles. The third-order valence-corrected chi connectivity index (χ3v) is 2.18. The first-order chi connectivity index (χ1) is 6.38. The zero-order valence-electron chi connectivity index (χ0n) is 9.04. The number of rotatable bonds is 1. The van der Waals surface area contributed by atoms with Gasteiger partial charge >= 0.3 is 6.09 Å². The summed E-state index contributed by atoms with van der Waals surface area (Å²) in [6.45, 7) is 5.45. The monoisotopic (exact) mass is 201 g/mol. The van der Waals surface area contributed by atoms with Crippen LogP contribution in [0, 0.1) is 0 Å². The molecule has 1 amide bonds. The van der Waals surface area contributed by atoms with Crippen LogP contribution in [0.2, 0.25) is 0 Å². The normalized spacial score (nSPS) is 27.4. The lowest BCUT2D eigenvalue weighted by molar-refractivity contribution is 0.0450. The van der Waals surface area contributed by atoms with Crippen LogP contribution in [0.25, 0.3) is 0 Å². The Morgan fingerprint density at radius 2 is 2.07 bits per heavy atom. The number of carbonyl (C=O) groups excluding carboxylic acids is 1. The largest absolute Gasteiger partial charge is 0.444 e. The Morgan fingerprint density at radius 1 is 1.43 bits per heavy atom. The van der Waals surface area contributed by atoms with Gasteiger partial charge < -0.3 is 15.2 Å². The van der Waals surface area contributed by atoms with Crippen molar-refractivity contribution in [2.24, 2.45) is 0 Å². The minimum Gasteiger partial charge on any atom is -0.444 e. The molecule has 0 unspecified atom stereocenters. The number of hydrogen-bond acceptors (Lipinski definition) is 3. The second-order valence-corrected chi connectivity index (χ2v) is 4.75. The molecule has 0 aromatic carbocycles. The third kappa shape index (κ3) is 3.54. The van der Waals surface area contributed by atoms with Gasteiger partial charge in [0.25, 0.3) is 0 Å². The Labute approximate surface area is 84.6 Å². The predicted molar refractivity (Wildman–Crippen MR) is 53.0 cm³/mol. The summed E-state index contributed by atoms with van der Waals surface area (Å²) >= 11 is 0. The van der Waals surface area contributed by atoms with Crippen LogP contribution in [-0.4, -0.2) is 28.9 Å². The van der Waals surface area contributed by atoms with Crippen LogP contribution in [0.15, 0.2) is 0 Å². The van der Waals surface area contributed by atoms with E-state index in [1.54, 1.807) is 0 Å². The maximum absolute atomic E-state index is 11.3. The van der Waals surface area contributed by atoms with E-state index in [9.17, 15) is 9.90 Å². The number of amides is 1. The molecule has 0 aliphatic heterocycles. The highest BCUT2D eigenvalue weighted by molar-refractivity contribution is 5.68. The van der Waals surface area contributed by atoms with Gasteiger partial charge in [0.15, 0.2) is 0 Å². The molecule has 0 bridgehead atoms. The molecular formula is C10H19NO3. The zero-order valence-corrected chi connectivity index (χ0v) is 9.04. The Balaban J connectivity index is 2.33. The topological polar surface area (TPSA) is 58.6 Å². The van der Waals surface area contributed by atoms with Crippen molar-refractivity contribution in [3.63, 3.8) is 0 Å². The molecule has 0 spiro atoms. The van der Waals surface area contributed by atoms with Crippen molar-refractivity contribution in [1.82, 2.24) is 5.32 Å². The third-order valence-electron chi connectivity index (χ3n) is 2.18. The van der Waals surface area contributed by atoms with E-state index in [2.05, 4.69) is 5.32 Å². The molecular weight excluding hydrogens is 182 g/mol. The molecule has 0 aromatic rings. The van der Waals surface area contributed by atoms with Gasteiger partial charge in [0.2, 0.25) is 0 Å². The first-order valence-corrected chi connectivity index (χ1v) is 5.06. The molecule has 14 heavy (non-hydrogen) atoms. The number of ether oxygens (including phenoxy) is 1. The second kappa shape index (κ2) is 4.17. The lowest BCUT2D eigenvalue weighted by Gasteiger charge is -2.22. The van der Waals surface area contributed by atoms with E-state index in [1.807, 2.05) is 20.8 Å². The molecule has 0 heterocycles. The van der Waals surface area contributed by atoms with E-state index in [-0.39, 0.29) is 6.04 Å². The quantitative estimate of drug-likeness (QED) is 0.674. The molecule has 1 aliphatic rings. The minimum atomic E-state index is -0.479. The summed E-state index contributed by atoms with van der Waals surface area (Å²) in [7, 11) is 0. The van der Waals surface area contributed by atoms with E-state index in [1.165, 1.54) is 0 Å². The van der Waals surface area contributed by atoms with Crippen LogP contribution >= 0.6 is 0 Å². The van der Waals surface area contributed by atoms with Gasteiger partial charge in [-0.1, -0.05) is 0 Å². The van der Waals surface area contributed by atoms with E-state index in [4.69, 9.17) is 4.74 Å². The lowest BCUT2D eigenvalue weighted by atomic mass is 10.2. The first-order valence-electron chi connectivity index (χ1n) is 5.06. The first kappa shape index (κ1) is 11.3. The second-order valence-electron chi connectivity index (χ2n) is 4.75. The van der Waals surface area contributed by atoms with Crippen LogP contribution in [-0.2, 0) is 4.74 Å². The Hall–Kier alpha value is -0.770. The van der Waals surface area contributed by atoms with E-state index >= 15 is 0 Å². The number of aliphatic hydroxyl groups excluding tert-OH is 1. The molecule has 0 aromatic heterocycles. The van der Waals surface area contributed by atoms with Gasteiger partial charge in [-0.25, -0.2) is 4.79 Å². The van der Waals surface area contributed by atoms with Gasteiger partial charge in [0, 0.05) is 0 Å². The highest BCUT2D eigenvalue weighted by Crippen LogP contribution is 2.19. The fourth-order valence-electron chi connectivity index (χ4n) is 1.57. The molecule has 4 nitrogen and oxygen atoms in total. The molecule has 1 fully saturated rings. The maximum atomic E-state index is 11.3. The number of carbonyl (C=O) groups is 1. The van der Waals surface area contributed by atoms with Crippen molar-refractivity contribution in [1.29, 1.82) is 0 Å². The molecule has 2 atom stereocenters. The van der Waals surface area contributed by atoms with Gasteiger partial charge in [-0.3, -0.25) is 0 Å². The van der Waals surface area contributed by atoms with Gasteiger partial charge in [-0.2, -0.15) is 0 Å². The number of alkyl carbamates (subject to hydrolysis) is 1. The van der Waals surface area contributed by atoms with E-state index < -0.39 is 17.8 Å². The number of aliphatic hydroxyl groups is 1. The predicted octanol–water partition coefficient (Wildman–Crippen LogP) is 1.42. The Bertz CT molecular complexity index is 210. The smallest absolute Gasteiger partial charge is 0.407 e. The summed E-state index contributed by atoms with van der Waals surface area (Å²) in [5.41, 5.74) is -0.479. The highest BCUT2D eigenvalue weighted by Gasteiger charge is 2.28. The fraction of sp³-hybridized carbons (Fsp3) is 0.900. The lowest BCUT2D eigenvalue weighted by Crippen LogP contribution is -2.42. The number of hydrogen-bond donors (Lipinski definition) is 2. The minimum absolute atomic E-state index is 0.134. The van der Waals surface area contributed by atoms with E-state index in [0.29, 0.717) is 0 Å². The van der Waals surface area contributed by atoms with E-state index in [0.717, 1.165) is 19.3 Å². The summed E-state index contributed by atoms with van der Waals surface area (Å²) < 4.78 is 5.09. The van der Waals surface area contributed by atoms with Crippen LogP contribution in [0.3, 0.4) is 0 Å². The van der Waals surface area contributed by atoms with Gasteiger partial charge in [-0.15, -0.1) is 0 Å². The van der Waals surface area contributed by atoms with Gasteiger partial charge in [0.1, 0.15) is 5.60 Å². The van der Waals surface area contributed by atoms with Crippen LogP contribution in [0.5, 0.6) is 0 Å². The summed E-state index contributed by atoms with van der Waals surface area (Å²) in [4.78, 5) is 11.3. The molecule has 1 rings (SSSR count). The Kier molecular flexibility index (Phi) is 3.37. The van der Waals surface area contributed by atoms with Crippen molar-refractivity contribution in [2.75, 3.05) is 0 Å². The maximum Gasteiger partial charge on any atom is 0.407 e. The van der Waals surface area contributed by atoms with Crippen LogP contribution in [0.1, 0.15) is 40.0 Å².